The van der Waals surface area contributed by atoms with Gasteiger partial charge in [0, 0.05) is 6.04 Å². The first kappa shape index (κ1) is 15.2. The largest absolute Gasteiger partial charge is 0.324 e. The topological polar surface area (TPSA) is 60.2 Å². The van der Waals surface area contributed by atoms with Crippen LogP contribution in [0.25, 0.3) is 0 Å². The van der Waals surface area contributed by atoms with Crippen LogP contribution in [0.4, 0.5) is 0 Å². The minimum absolute atomic E-state index is 0.210. The van der Waals surface area contributed by atoms with Gasteiger partial charge in [0.15, 0.2) is 9.84 Å². The molecule has 0 aliphatic carbocycles. The van der Waals surface area contributed by atoms with Gasteiger partial charge in [0.05, 0.1) is 10.1 Å². The van der Waals surface area contributed by atoms with E-state index in [-0.39, 0.29) is 6.04 Å². The third-order valence-corrected chi connectivity index (χ3v) is 5.32. The Kier molecular flexibility index (Phi) is 4.93. The first-order valence-corrected chi connectivity index (χ1v) is 7.95. The van der Waals surface area contributed by atoms with Crippen LogP contribution >= 0.6 is 0 Å². The van der Waals surface area contributed by atoms with Crippen LogP contribution in [0.15, 0.2) is 23.1 Å². The van der Waals surface area contributed by atoms with Gasteiger partial charge in [-0.3, -0.25) is 0 Å². The molecular formula is C14H23NO2S. The fourth-order valence-corrected chi connectivity index (χ4v) is 3.24. The fourth-order valence-electron chi connectivity index (χ4n) is 1.94. The van der Waals surface area contributed by atoms with Crippen LogP contribution in [0.3, 0.4) is 0 Å². The maximum absolute atomic E-state index is 12.3. The predicted molar refractivity (Wildman–Crippen MR) is 75.3 cm³/mol. The van der Waals surface area contributed by atoms with Crippen LogP contribution in [0, 0.1) is 6.92 Å². The summed E-state index contributed by atoms with van der Waals surface area (Å²) >= 11 is 0. The summed E-state index contributed by atoms with van der Waals surface area (Å²) in [5.41, 5.74) is 7.90. The molecule has 1 unspecified atom stereocenters. The quantitative estimate of drug-likeness (QED) is 0.894. The zero-order valence-electron chi connectivity index (χ0n) is 11.6. The summed E-state index contributed by atoms with van der Waals surface area (Å²) in [5, 5.41) is -0.423. The van der Waals surface area contributed by atoms with Crippen molar-refractivity contribution in [2.45, 2.75) is 56.7 Å². The maximum Gasteiger partial charge on any atom is 0.181 e. The first-order chi connectivity index (χ1) is 8.30. The number of nitrogens with two attached hydrogens (primary N) is 1. The Balaban J connectivity index is 3.37. The Bertz CT molecular complexity index is 507. The highest BCUT2D eigenvalue weighted by molar-refractivity contribution is 7.92. The van der Waals surface area contributed by atoms with Gasteiger partial charge in [-0.05, 0) is 38.8 Å². The van der Waals surface area contributed by atoms with Crippen molar-refractivity contribution in [1.82, 2.24) is 0 Å². The van der Waals surface area contributed by atoms with Crippen molar-refractivity contribution in [2.24, 2.45) is 5.73 Å². The van der Waals surface area contributed by atoms with Gasteiger partial charge in [0.25, 0.3) is 0 Å². The van der Waals surface area contributed by atoms with Crippen molar-refractivity contribution in [3.05, 3.63) is 29.3 Å². The zero-order chi connectivity index (χ0) is 13.9. The average Bonchev–Trinajstić information content (AvgIpc) is 2.28. The molecule has 0 aliphatic heterocycles. The molecule has 1 aromatic rings. The van der Waals surface area contributed by atoms with E-state index < -0.39 is 15.1 Å². The minimum Gasteiger partial charge on any atom is -0.324 e. The van der Waals surface area contributed by atoms with E-state index in [2.05, 4.69) is 0 Å². The molecule has 0 aromatic heterocycles. The SMILES string of the molecule is CCCC(N)c1cc(C)ccc1S(=O)(=O)C(C)C. The number of hydrogen-bond donors (Lipinski definition) is 1. The summed E-state index contributed by atoms with van der Waals surface area (Å²) in [6, 6.07) is 5.21. The smallest absolute Gasteiger partial charge is 0.181 e. The summed E-state index contributed by atoms with van der Waals surface area (Å²) in [6.45, 7) is 7.40. The summed E-state index contributed by atoms with van der Waals surface area (Å²) < 4.78 is 24.6. The van der Waals surface area contributed by atoms with Crippen LogP contribution in [0.2, 0.25) is 0 Å². The monoisotopic (exact) mass is 269 g/mol. The first-order valence-electron chi connectivity index (χ1n) is 6.40. The highest BCUT2D eigenvalue weighted by Crippen LogP contribution is 2.27. The second kappa shape index (κ2) is 5.85. The Hall–Kier alpha value is -0.870. The molecule has 18 heavy (non-hydrogen) atoms. The second-order valence-corrected chi connectivity index (χ2v) is 7.50. The molecular weight excluding hydrogens is 246 g/mol. The lowest BCUT2D eigenvalue weighted by molar-refractivity contribution is 0.578. The standard InChI is InChI=1S/C14H23NO2S/c1-5-6-13(15)12-9-11(4)7-8-14(12)18(16,17)10(2)3/h7-10,13H,5-6,15H2,1-4H3. The van der Waals surface area contributed by atoms with Gasteiger partial charge >= 0.3 is 0 Å². The van der Waals surface area contributed by atoms with Gasteiger partial charge in [-0.25, -0.2) is 8.42 Å². The molecule has 0 fully saturated rings. The van der Waals surface area contributed by atoms with Crippen LogP contribution in [-0.4, -0.2) is 13.7 Å². The molecule has 0 radical (unpaired) electrons. The van der Waals surface area contributed by atoms with Crippen molar-refractivity contribution >= 4 is 9.84 Å². The van der Waals surface area contributed by atoms with Crippen molar-refractivity contribution in [2.75, 3.05) is 0 Å². The summed E-state index contributed by atoms with van der Waals surface area (Å²) in [6.07, 6.45) is 1.74. The molecule has 1 atom stereocenters. The lowest BCUT2D eigenvalue weighted by Gasteiger charge is -2.18. The molecule has 1 aromatic carbocycles. The van der Waals surface area contributed by atoms with Crippen molar-refractivity contribution in [3.8, 4) is 0 Å². The fraction of sp³-hybridized carbons (Fsp3) is 0.571. The van der Waals surface area contributed by atoms with E-state index in [1.807, 2.05) is 26.0 Å². The maximum atomic E-state index is 12.3. The van der Waals surface area contributed by atoms with Crippen molar-refractivity contribution < 1.29 is 8.42 Å². The van der Waals surface area contributed by atoms with Crippen LogP contribution in [-0.2, 0) is 9.84 Å². The summed E-state index contributed by atoms with van der Waals surface area (Å²) in [5.74, 6) is 0. The molecule has 0 heterocycles. The molecule has 4 heteroatoms. The Morgan fingerprint density at radius 1 is 1.28 bits per heavy atom. The van der Waals surface area contributed by atoms with E-state index in [0.717, 1.165) is 24.0 Å². The molecule has 3 nitrogen and oxygen atoms in total. The highest BCUT2D eigenvalue weighted by atomic mass is 32.2. The number of sulfone groups is 1. The predicted octanol–water partition coefficient (Wildman–Crippen LogP) is 2.98. The minimum atomic E-state index is -3.27. The molecule has 0 saturated carbocycles. The van der Waals surface area contributed by atoms with E-state index >= 15 is 0 Å². The Labute approximate surface area is 110 Å². The number of rotatable bonds is 5. The molecule has 0 bridgehead atoms. The summed E-state index contributed by atoms with van der Waals surface area (Å²) in [4.78, 5) is 0.393. The molecule has 102 valence electrons. The average molecular weight is 269 g/mol. The van der Waals surface area contributed by atoms with Crippen LogP contribution in [0.5, 0.6) is 0 Å². The van der Waals surface area contributed by atoms with E-state index in [4.69, 9.17) is 5.73 Å². The van der Waals surface area contributed by atoms with Gasteiger partial charge in [-0.2, -0.15) is 0 Å². The van der Waals surface area contributed by atoms with Gasteiger partial charge < -0.3 is 5.73 Å². The van der Waals surface area contributed by atoms with Gasteiger partial charge in [0.1, 0.15) is 0 Å². The molecule has 0 amide bonds. The number of aryl methyl sites for hydroxylation is 1. The third-order valence-electron chi connectivity index (χ3n) is 3.09. The molecule has 0 saturated heterocycles. The van der Waals surface area contributed by atoms with E-state index in [1.54, 1.807) is 19.9 Å². The second-order valence-electron chi connectivity index (χ2n) is 5.03. The number of benzene rings is 1. The highest BCUT2D eigenvalue weighted by Gasteiger charge is 2.24. The molecule has 1 rings (SSSR count). The lowest BCUT2D eigenvalue weighted by atomic mass is 10.0. The number of hydrogen-bond acceptors (Lipinski definition) is 3. The van der Waals surface area contributed by atoms with Crippen molar-refractivity contribution in [3.63, 3.8) is 0 Å². The molecule has 0 aliphatic rings. The zero-order valence-corrected chi connectivity index (χ0v) is 12.4. The Morgan fingerprint density at radius 3 is 2.39 bits per heavy atom. The molecule has 0 spiro atoms. The van der Waals surface area contributed by atoms with Crippen LogP contribution in [0.1, 0.15) is 50.8 Å². The van der Waals surface area contributed by atoms with Gasteiger partial charge in [-0.1, -0.05) is 31.0 Å². The van der Waals surface area contributed by atoms with E-state index in [0.29, 0.717) is 4.90 Å². The summed E-state index contributed by atoms with van der Waals surface area (Å²) in [7, 11) is -3.27. The normalized spacial score (nSPS) is 13.9. The van der Waals surface area contributed by atoms with Crippen molar-refractivity contribution in [1.29, 1.82) is 0 Å². The lowest BCUT2D eigenvalue weighted by Crippen LogP contribution is -2.20. The van der Waals surface area contributed by atoms with Crippen LogP contribution < -0.4 is 5.73 Å². The molecule has 2 N–H and O–H groups in total. The van der Waals surface area contributed by atoms with Gasteiger partial charge in [-0.15, -0.1) is 0 Å². The van der Waals surface area contributed by atoms with E-state index in [9.17, 15) is 8.42 Å². The van der Waals surface area contributed by atoms with Gasteiger partial charge in [0.2, 0.25) is 0 Å². The Morgan fingerprint density at radius 2 is 1.89 bits per heavy atom. The third kappa shape index (κ3) is 3.12. The van der Waals surface area contributed by atoms with E-state index in [1.165, 1.54) is 0 Å².